The van der Waals surface area contributed by atoms with E-state index in [1.807, 2.05) is 19.9 Å². The number of nitrogens with zero attached hydrogens (tertiary/aromatic N) is 1. The van der Waals surface area contributed by atoms with Crippen molar-refractivity contribution in [2.45, 2.75) is 33.3 Å². The number of carbonyl (C=O) groups excluding carboxylic acids is 1. The third-order valence-electron chi connectivity index (χ3n) is 2.83. The molecule has 0 saturated heterocycles. The predicted octanol–water partition coefficient (Wildman–Crippen LogP) is 2.48. The molecule has 0 saturated carbocycles. The minimum atomic E-state index is -0.401. The average molecular weight is 275 g/mol. The number of aliphatic hydroxyl groups is 1. The lowest BCUT2D eigenvalue weighted by Crippen LogP contribution is -2.38. The van der Waals surface area contributed by atoms with Gasteiger partial charge in [-0.3, -0.25) is 0 Å². The average Bonchev–Trinajstić information content (AvgIpc) is 2.35. The van der Waals surface area contributed by atoms with Gasteiger partial charge in [-0.2, -0.15) is 5.26 Å². The van der Waals surface area contributed by atoms with Crippen LogP contribution in [0, 0.1) is 16.7 Å². The predicted molar refractivity (Wildman–Crippen MR) is 78.3 cm³/mol. The summed E-state index contributed by atoms with van der Waals surface area (Å²) in [6.07, 6.45) is 0.208. The molecule has 0 spiro atoms. The van der Waals surface area contributed by atoms with Gasteiger partial charge in [0.05, 0.1) is 17.7 Å². The highest BCUT2D eigenvalue weighted by atomic mass is 16.3. The van der Waals surface area contributed by atoms with Crippen LogP contribution < -0.4 is 10.6 Å². The maximum absolute atomic E-state index is 11.8. The number of rotatable bonds is 5. The summed E-state index contributed by atoms with van der Waals surface area (Å²) in [5.74, 6) is 0. The first kappa shape index (κ1) is 16.0. The lowest BCUT2D eigenvalue weighted by atomic mass is 9.87. The number of hydrogen-bond donors (Lipinski definition) is 3. The van der Waals surface area contributed by atoms with E-state index in [-0.39, 0.29) is 11.4 Å². The zero-order chi connectivity index (χ0) is 15.2. The Morgan fingerprint density at radius 3 is 2.80 bits per heavy atom. The van der Waals surface area contributed by atoms with Crippen LogP contribution in [0.2, 0.25) is 0 Å². The van der Waals surface area contributed by atoms with Gasteiger partial charge in [0.25, 0.3) is 0 Å². The van der Waals surface area contributed by atoms with E-state index in [9.17, 15) is 9.90 Å². The summed E-state index contributed by atoms with van der Waals surface area (Å²) in [7, 11) is 0. The van der Waals surface area contributed by atoms with Crippen LogP contribution in [-0.4, -0.2) is 23.8 Å². The van der Waals surface area contributed by atoms with Crippen LogP contribution in [0.1, 0.15) is 32.8 Å². The fourth-order valence-electron chi connectivity index (χ4n) is 2.03. The maximum Gasteiger partial charge on any atom is 0.319 e. The molecule has 2 amide bonds. The van der Waals surface area contributed by atoms with Crippen LogP contribution in [0.5, 0.6) is 0 Å². The molecule has 20 heavy (non-hydrogen) atoms. The van der Waals surface area contributed by atoms with E-state index < -0.39 is 6.10 Å². The summed E-state index contributed by atoms with van der Waals surface area (Å²) in [4.78, 5) is 11.8. The lowest BCUT2D eigenvalue weighted by Gasteiger charge is -2.26. The summed E-state index contributed by atoms with van der Waals surface area (Å²) >= 11 is 0. The topological polar surface area (TPSA) is 85.2 Å². The van der Waals surface area contributed by atoms with Crippen molar-refractivity contribution in [1.82, 2.24) is 5.32 Å². The number of aliphatic hydroxyl groups excluding tert-OH is 1. The third-order valence-corrected chi connectivity index (χ3v) is 2.83. The standard InChI is InChI=1S/C15H21N3O2/c1-11(19)8-15(2,3)10-17-14(20)18-13-6-4-5-12(7-13)9-16/h4-7,11,19H,8,10H2,1-3H3,(H2,17,18,20). The zero-order valence-electron chi connectivity index (χ0n) is 12.1. The molecule has 0 aliphatic heterocycles. The van der Waals surface area contributed by atoms with Crippen molar-refractivity contribution in [3.05, 3.63) is 29.8 Å². The molecule has 1 unspecified atom stereocenters. The zero-order valence-corrected chi connectivity index (χ0v) is 12.1. The van der Waals surface area contributed by atoms with Crippen molar-refractivity contribution in [3.8, 4) is 6.07 Å². The number of nitrogens with one attached hydrogen (secondary N) is 2. The summed E-state index contributed by atoms with van der Waals surface area (Å²) in [6.45, 7) is 6.16. The highest BCUT2D eigenvalue weighted by Crippen LogP contribution is 2.21. The van der Waals surface area contributed by atoms with E-state index in [1.54, 1.807) is 31.2 Å². The van der Waals surface area contributed by atoms with E-state index in [1.165, 1.54) is 0 Å². The van der Waals surface area contributed by atoms with Gasteiger partial charge in [-0.25, -0.2) is 4.79 Å². The van der Waals surface area contributed by atoms with Gasteiger partial charge in [-0.15, -0.1) is 0 Å². The minimum absolute atomic E-state index is 0.181. The monoisotopic (exact) mass is 275 g/mol. The maximum atomic E-state index is 11.8. The van der Waals surface area contributed by atoms with Gasteiger partial charge >= 0.3 is 6.03 Å². The minimum Gasteiger partial charge on any atom is -0.393 e. The molecule has 0 fully saturated rings. The van der Waals surface area contributed by atoms with E-state index in [0.717, 1.165) is 0 Å². The van der Waals surface area contributed by atoms with Crippen LogP contribution in [0.15, 0.2) is 24.3 Å². The summed E-state index contributed by atoms with van der Waals surface area (Å²) in [5.41, 5.74) is 0.895. The molecule has 1 aromatic carbocycles. The normalized spacial score (nSPS) is 12.3. The van der Waals surface area contributed by atoms with Crippen molar-refractivity contribution >= 4 is 11.7 Å². The second-order valence-electron chi connectivity index (χ2n) is 5.72. The quantitative estimate of drug-likeness (QED) is 0.771. The fourth-order valence-corrected chi connectivity index (χ4v) is 2.03. The Balaban J connectivity index is 2.50. The summed E-state index contributed by atoms with van der Waals surface area (Å²) < 4.78 is 0. The van der Waals surface area contributed by atoms with Gasteiger partial charge in [0.1, 0.15) is 0 Å². The Labute approximate surface area is 119 Å². The van der Waals surface area contributed by atoms with Crippen LogP contribution in [0.3, 0.4) is 0 Å². The molecule has 1 atom stereocenters. The van der Waals surface area contributed by atoms with Gasteiger partial charge in [0.15, 0.2) is 0 Å². The number of amides is 2. The number of nitriles is 1. The molecular weight excluding hydrogens is 254 g/mol. The second kappa shape index (κ2) is 6.92. The van der Waals surface area contributed by atoms with E-state index >= 15 is 0 Å². The van der Waals surface area contributed by atoms with E-state index in [0.29, 0.717) is 24.2 Å². The van der Waals surface area contributed by atoms with Crippen molar-refractivity contribution in [3.63, 3.8) is 0 Å². The van der Waals surface area contributed by atoms with Gasteiger partial charge in [0.2, 0.25) is 0 Å². The second-order valence-corrected chi connectivity index (χ2v) is 5.72. The van der Waals surface area contributed by atoms with Gasteiger partial charge in [-0.1, -0.05) is 19.9 Å². The van der Waals surface area contributed by atoms with Crippen LogP contribution in [0.4, 0.5) is 10.5 Å². The highest BCUT2D eigenvalue weighted by molar-refractivity contribution is 5.89. The van der Waals surface area contributed by atoms with Crippen molar-refractivity contribution in [1.29, 1.82) is 5.26 Å². The van der Waals surface area contributed by atoms with Crippen LogP contribution >= 0.6 is 0 Å². The molecule has 5 nitrogen and oxygen atoms in total. The van der Waals surface area contributed by atoms with Crippen molar-refractivity contribution in [2.24, 2.45) is 5.41 Å². The molecular formula is C15H21N3O2. The van der Waals surface area contributed by atoms with Crippen molar-refractivity contribution < 1.29 is 9.90 Å². The van der Waals surface area contributed by atoms with Gasteiger partial charge in [-0.05, 0) is 37.0 Å². The molecule has 0 radical (unpaired) electrons. The van der Waals surface area contributed by atoms with Crippen LogP contribution in [-0.2, 0) is 0 Å². The highest BCUT2D eigenvalue weighted by Gasteiger charge is 2.21. The molecule has 0 heterocycles. The number of anilines is 1. The SMILES string of the molecule is CC(O)CC(C)(C)CNC(=O)Nc1cccc(C#N)c1. The number of hydrogen-bond acceptors (Lipinski definition) is 3. The van der Waals surface area contributed by atoms with Gasteiger partial charge in [0, 0.05) is 12.2 Å². The van der Waals surface area contributed by atoms with Crippen LogP contribution in [0.25, 0.3) is 0 Å². The molecule has 1 aromatic rings. The molecule has 5 heteroatoms. The molecule has 1 rings (SSSR count). The fraction of sp³-hybridized carbons (Fsp3) is 0.467. The smallest absolute Gasteiger partial charge is 0.319 e. The van der Waals surface area contributed by atoms with E-state index in [4.69, 9.17) is 5.26 Å². The molecule has 108 valence electrons. The largest absolute Gasteiger partial charge is 0.393 e. The number of urea groups is 1. The lowest BCUT2D eigenvalue weighted by molar-refractivity contribution is 0.129. The Morgan fingerprint density at radius 1 is 1.50 bits per heavy atom. The van der Waals surface area contributed by atoms with Gasteiger partial charge < -0.3 is 15.7 Å². The molecule has 0 aromatic heterocycles. The first-order chi connectivity index (χ1) is 9.32. The van der Waals surface area contributed by atoms with Crippen molar-refractivity contribution in [2.75, 3.05) is 11.9 Å². The Bertz CT molecular complexity index is 504. The summed E-state index contributed by atoms with van der Waals surface area (Å²) in [5, 5.41) is 23.6. The first-order valence-corrected chi connectivity index (χ1v) is 6.55. The van der Waals surface area contributed by atoms with E-state index in [2.05, 4.69) is 10.6 Å². The first-order valence-electron chi connectivity index (χ1n) is 6.55. The molecule has 3 N–H and O–H groups in total. The third kappa shape index (κ3) is 5.72. The Morgan fingerprint density at radius 2 is 2.20 bits per heavy atom. The Hall–Kier alpha value is -2.06. The number of benzene rings is 1. The molecule has 0 aliphatic rings. The molecule has 0 aliphatic carbocycles. The number of carbonyl (C=O) groups is 1. The summed E-state index contributed by atoms with van der Waals surface area (Å²) in [6, 6.07) is 8.42. The Kier molecular flexibility index (Phi) is 5.53. The molecule has 0 bridgehead atoms.